The molecule has 12 aromatic rings. The molecule has 2 fully saturated rings. The first kappa shape index (κ1) is 91.7. The highest BCUT2D eigenvalue weighted by atomic mass is 35.5. The van der Waals surface area contributed by atoms with Gasteiger partial charge in [0.05, 0.1) is 70.3 Å². The average Bonchev–Trinajstić information content (AvgIpc) is 0.873. The highest BCUT2D eigenvalue weighted by molar-refractivity contribution is 6.35. The number of para-hydroxylation sites is 4. The van der Waals surface area contributed by atoms with Gasteiger partial charge in [0.2, 0.25) is 23.8 Å². The zero-order chi connectivity index (χ0) is 95.2. The Kier molecular flexibility index (Phi) is 27.0. The molecule has 32 nitrogen and oxygen atoms in total. The third-order valence-electron chi connectivity index (χ3n) is 25.4. The summed E-state index contributed by atoms with van der Waals surface area (Å²) in [6, 6.07) is 50.3. The molecule has 8 amide bonds. The number of amides is 8. The van der Waals surface area contributed by atoms with Crippen molar-refractivity contribution in [2.24, 2.45) is 0 Å². The second kappa shape index (κ2) is 40.7. The number of benzene rings is 8. The van der Waals surface area contributed by atoms with Gasteiger partial charge in [-0.3, -0.25) is 39.2 Å². The SMILES string of the molecule is Cc1cccc(C)c1N1Cc2cnc3nc2N(C/C=C/COc2cc(ccc2N2CCN(C)CC2)N3)C1=O.Cc1cccc(C)c1N1Cc2cnc3nc2N(C/C=C\COc2cc(ccc2N2CCN(C)CC2)N3)C1=O.Cc1cccc(Cl)c1N1Cc2cnc3nc2N(C/C=C/COc2cccc(c2)N3)C1=O.Cc1cccc(Cl)c1N1Cc2cnc3nc2N(C/C=C\COc2cccc(c2)N3)C1=O. The van der Waals surface area contributed by atoms with Gasteiger partial charge in [0, 0.05) is 173 Å². The number of ether oxygens (including phenoxy) is 4. The van der Waals surface area contributed by atoms with Crippen molar-refractivity contribution < 1.29 is 38.1 Å². The van der Waals surface area contributed by atoms with E-state index in [1.807, 2.05) is 246 Å². The van der Waals surface area contributed by atoms with E-state index in [0.29, 0.717) is 147 Å². The van der Waals surface area contributed by atoms with Gasteiger partial charge in [-0.25, -0.2) is 39.1 Å². The van der Waals surface area contributed by atoms with Gasteiger partial charge < -0.3 is 59.8 Å². The van der Waals surface area contributed by atoms with E-state index in [2.05, 4.69) is 97.0 Å². The van der Waals surface area contributed by atoms with Crippen LogP contribution in [-0.2, 0) is 26.2 Å². The van der Waals surface area contributed by atoms with Gasteiger partial charge in [0.25, 0.3) is 0 Å². The first-order valence-corrected chi connectivity index (χ1v) is 46.9. The Hall–Kier alpha value is -15.4. The number of aromatic nitrogens is 8. The molecule has 0 saturated carbocycles. The Morgan fingerprint density at radius 3 is 0.884 bits per heavy atom. The highest BCUT2D eigenvalue weighted by Gasteiger charge is 2.40. The summed E-state index contributed by atoms with van der Waals surface area (Å²) >= 11 is 12.9. The Bertz CT molecular complexity index is 6300. The van der Waals surface area contributed by atoms with Crippen LogP contribution in [0.1, 0.15) is 55.6 Å². The second-order valence-electron chi connectivity index (χ2n) is 35.0. The summed E-state index contributed by atoms with van der Waals surface area (Å²) in [6.45, 7) is 24.6. The van der Waals surface area contributed by atoms with E-state index in [9.17, 15) is 19.2 Å². The fourth-order valence-electron chi connectivity index (χ4n) is 18.3. The maximum Gasteiger partial charge on any atom is 0.330 e. The average molecular weight is 1890 g/mol. The van der Waals surface area contributed by atoms with E-state index in [0.717, 1.165) is 176 Å². The van der Waals surface area contributed by atoms with E-state index >= 15 is 0 Å². The predicted octanol–water partition coefficient (Wildman–Crippen LogP) is 19.1. The quantitative estimate of drug-likeness (QED) is 0.112. The molecule has 22 rings (SSSR count). The van der Waals surface area contributed by atoms with Crippen LogP contribution in [-0.4, -0.2) is 193 Å². The number of urea groups is 4. The molecule has 138 heavy (non-hydrogen) atoms. The van der Waals surface area contributed by atoms with E-state index in [4.69, 9.17) is 52.1 Å². The molecule has 14 heterocycles. The van der Waals surface area contributed by atoms with Crippen molar-refractivity contribution >= 4 is 151 Å². The lowest BCUT2D eigenvalue weighted by Crippen LogP contribution is -2.48. The standard InChI is InChI=1S/2C29H33N7O2.2C23H20ClN5O2/c2*1-20-7-6-8-21(2)26(20)36-19-22-18-30-28-31-23-9-10-24(34-14-12-33(3)13-15-34)25(17-23)38-16-5-4-11-35(29(36)37)27(22)32-28;2*1-15-6-4-9-19(24)20(15)29-14-16-13-25-22-26-17-7-5-8-18(12-17)31-11-3-2-10-28(23(29)30)21(16)27-22/h2*4-10,17-18H,11-16,19H2,1-3H3,(H,30,31,32);2*2-9,12-13H,10-11,14H2,1H3,(H,25,26,27)/b5-4+;5-4-;3-2+;3-2-. The lowest BCUT2D eigenvalue weighted by Gasteiger charge is -2.37. The van der Waals surface area contributed by atoms with E-state index < -0.39 is 0 Å². The van der Waals surface area contributed by atoms with Crippen LogP contribution in [0.2, 0.25) is 10.0 Å². The van der Waals surface area contributed by atoms with Gasteiger partial charge >= 0.3 is 24.1 Å². The first-order valence-electron chi connectivity index (χ1n) is 46.1. The molecule has 10 aliphatic rings. The van der Waals surface area contributed by atoms with Crippen LogP contribution in [0.5, 0.6) is 23.0 Å². The second-order valence-corrected chi connectivity index (χ2v) is 35.8. The van der Waals surface area contributed by atoms with E-state index in [1.165, 1.54) is 0 Å². The van der Waals surface area contributed by atoms with Gasteiger partial charge in [-0.05, 0) is 174 Å². The van der Waals surface area contributed by atoms with E-state index in [1.54, 1.807) is 53.9 Å². The minimum Gasteiger partial charge on any atom is -0.489 e. The maximum atomic E-state index is 13.8. The third kappa shape index (κ3) is 19.9. The summed E-state index contributed by atoms with van der Waals surface area (Å²) < 4.78 is 24.0. The lowest BCUT2D eigenvalue weighted by atomic mass is 10.1. The number of aryl methyl sites for hydroxylation is 6. The molecule has 0 unspecified atom stereocenters. The topological polar surface area (TPSA) is 295 Å². The molecule has 0 radical (unpaired) electrons. The van der Waals surface area contributed by atoms with Gasteiger partial charge in [0.1, 0.15) is 72.7 Å². The van der Waals surface area contributed by atoms with Crippen LogP contribution >= 0.6 is 23.2 Å². The van der Waals surface area contributed by atoms with Gasteiger partial charge in [0.15, 0.2) is 0 Å². The van der Waals surface area contributed by atoms with Crippen LogP contribution in [0, 0.1) is 41.5 Å². The predicted molar refractivity (Wildman–Crippen MR) is 545 cm³/mol. The number of rotatable bonds is 6. The molecule has 4 N–H and O–H groups in total. The molecule has 16 bridgehead atoms. The highest BCUT2D eigenvalue weighted by Crippen LogP contribution is 2.44. The number of nitrogens with one attached hydrogen (secondary N) is 4. The van der Waals surface area contributed by atoms with E-state index in [-0.39, 0.29) is 24.1 Å². The van der Waals surface area contributed by atoms with Crippen molar-refractivity contribution in [3.8, 4) is 23.0 Å². The fraction of sp³-hybridized carbons (Fsp3) is 0.269. The van der Waals surface area contributed by atoms with Gasteiger partial charge in [-0.2, -0.15) is 19.9 Å². The zero-order valence-electron chi connectivity index (χ0n) is 78.0. The molecule has 0 atom stereocenters. The minimum atomic E-state index is -0.186. The molecular formula is C104H106Cl2N24O8. The molecule has 704 valence electrons. The number of likely N-dealkylation sites (N-methyl/N-ethyl adjacent to an activating group) is 2. The molecule has 8 aromatic carbocycles. The first-order chi connectivity index (χ1) is 67.1. The van der Waals surface area contributed by atoms with Crippen molar-refractivity contribution in [3.63, 3.8) is 0 Å². The smallest absolute Gasteiger partial charge is 0.330 e. The summed E-state index contributed by atoms with van der Waals surface area (Å²) in [5, 5.41) is 14.1. The summed E-state index contributed by atoms with van der Waals surface area (Å²) in [7, 11) is 4.31. The zero-order valence-corrected chi connectivity index (χ0v) is 79.6. The number of fused-ring (bicyclic) bond motifs is 12. The Morgan fingerprint density at radius 2 is 0.572 bits per heavy atom. The third-order valence-corrected chi connectivity index (χ3v) is 26.0. The molecule has 0 spiro atoms. The Morgan fingerprint density at radius 1 is 0.297 bits per heavy atom. The maximum absolute atomic E-state index is 13.8. The number of hydrogen-bond acceptors (Lipinski definition) is 24. The molecule has 0 aliphatic carbocycles. The van der Waals surface area contributed by atoms with Crippen LogP contribution < -0.4 is 89.2 Å². The summed E-state index contributed by atoms with van der Waals surface area (Å²) in [6.07, 6.45) is 22.7. The van der Waals surface area contributed by atoms with Crippen molar-refractivity contribution in [1.82, 2.24) is 49.7 Å². The Balaban J connectivity index is 0.000000118. The van der Waals surface area contributed by atoms with Crippen LogP contribution in [0.25, 0.3) is 0 Å². The van der Waals surface area contributed by atoms with Crippen LogP contribution in [0.3, 0.4) is 0 Å². The normalized spacial score (nSPS) is 17.6. The van der Waals surface area contributed by atoms with Crippen molar-refractivity contribution in [1.29, 1.82) is 0 Å². The van der Waals surface area contributed by atoms with Crippen LogP contribution in [0.15, 0.2) is 231 Å². The molecular weight excluding hydrogens is 1780 g/mol. The largest absolute Gasteiger partial charge is 0.489 e. The summed E-state index contributed by atoms with van der Waals surface area (Å²) in [4.78, 5) is 115. The number of piperazine rings is 2. The van der Waals surface area contributed by atoms with Crippen molar-refractivity contribution in [2.45, 2.75) is 67.7 Å². The molecule has 10 aliphatic heterocycles. The molecule has 2 saturated heterocycles. The van der Waals surface area contributed by atoms with Crippen LogP contribution in [0.4, 0.5) is 123 Å². The number of halogens is 2. The number of hydrogen-bond donors (Lipinski definition) is 4. The van der Waals surface area contributed by atoms with Crippen molar-refractivity contribution in [2.75, 3.05) is 189 Å². The Labute approximate surface area is 811 Å². The van der Waals surface area contributed by atoms with Gasteiger partial charge in [-0.15, -0.1) is 0 Å². The number of carbonyl (C=O) groups is 4. The summed E-state index contributed by atoms with van der Waals surface area (Å²) in [5.41, 5.74) is 18.4. The number of anilines is 18. The lowest BCUT2D eigenvalue weighted by molar-refractivity contribution is 0.249. The molecule has 4 aromatic heterocycles. The monoisotopic (exact) mass is 1890 g/mol. The number of carbonyl (C=O) groups excluding carboxylic acids is 4. The minimum absolute atomic E-state index is 0.0992. The number of nitrogens with zero attached hydrogens (tertiary/aromatic N) is 20. The fourth-order valence-corrected chi connectivity index (χ4v) is 18.9. The van der Waals surface area contributed by atoms with Gasteiger partial charge in [-0.1, -0.05) is 120 Å². The molecule has 34 heteroatoms. The van der Waals surface area contributed by atoms with Crippen molar-refractivity contribution in [3.05, 3.63) is 297 Å². The summed E-state index contributed by atoms with van der Waals surface area (Å²) in [5.74, 6) is 7.28.